The second kappa shape index (κ2) is 13.8. The summed E-state index contributed by atoms with van der Waals surface area (Å²) in [5.41, 5.74) is -10.6. The molecule has 258 valence electrons. The van der Waals surface area contributed by atoms with Crippen molar-refractivity contribution in [3.63, 3.8) is 0 Å². The standard InChI is InChI=1S/C51H34N4/c1-5-15-35(16-6-1)40-27-31-44(45(33-40)37-19-9-3-10-20-37)51-53-49(38-21-11-4-12-22-38)52-50(54-51)39-25-29-42(30-26-39)55-47-24-14-13-23-43(47)46-34-41(28-32-48(46)55)36-17-7-2-8-18-36/h1-34H/i1D,2D,3D,4D,5D,6D,7D,8D,9D,10D,11D,12D,13D,14D,15D,16D,17D,18D,19D,20D,21D,22D,23D,24D,25D,26D,27D,28D,29D,30D,31D,32D,33D,34D. The summed E-state index contributed by atoms with van der Waals surface area (Å²) in [5.74, 6) is -3.17. The molecule has 0 bridgehead atoms. The van der Waals surface area contributed by atoms with Gasteiger partial charge in [0.25, 0.3) is 0 Å². The molecule has 0 spiro atoms. The molecular formula is C51H34N4. The van der Waals surface area contributed by atoms with E-state index in [2.05, 4.69) is 15.0 Å². The lowest BCUT2D eigenvalue weighted by Crippen LogP contribution is -2.01. The molecule has 8 aromatic carbocycles. The summed E-state index contributed by atoms with van der Waals surface area (Å²) in [4.78, 5) is 13.0. The van der Waals surface area contributed by atoms with E-state index in [4.69, 9.17) is 32.9 Å². The number of hydrogen-bond donors (Lipinski definition) is 0. The van der Waals surface area contributed by atoms with Gasteiger partial charge < -0.3 is 4.57 Å². The molecule has 4 nitrogen and oxygen atoms in total. The van der Waals surface area contributed by atoms with Crippen LogP contribution in [0, 0.1) is 0 Å². The maximum Gasteiger partial charge on any atom is 0.164 e. The third-order valence-corrected chi connectivity index (χ3v) is 7.86. The molecule has 0 saturated carbocycles. The Bertz CT molecular complexity index is 4820. The molecule has 0 aliphatic carbocycles. The van der Waals surface area contributed by atoms with Crippen molar-refractivity contribution in [2.45, 2.75) is 0 Å². The van der Waals surface area contributed by atoms with Crippen molar-refractivity contribution in [1.29, 1.82) is 0 Å². The van der Waals surface area contributed by atoms with Gasteiger partial charge in [0.1, 0.15) is 0 Å². The van der Waals surface area contributed by atoms with Crippen LogP contribution in [0.15, 0.2) is 205 Å². The Kier molecular flexibility index (Phi) is 3.17. The second-order valence-corrected chi connectivity index (χ2v) is 11.1. The zero-order chi connectivity index (χ0) is 66.1. The molecule has 55 heavy (non-hydrogen) atoms. The number of para-hydroxylation sites is 1. The molecule has 2 aromatic heterocycles. The minimum Gasteiger partial charge on any atom is -0.309 e. The molecule has 0 saturated heterocycles. The summed E-state index contributed by atoms with van der Waals surface area (Å²) >= 11 is 0. The van der Waals surface area contributed by atoms with Crippen molar-refractivity contribution < 1.29 is 46.6 Å². The number of fused-ring (bicyclic) bond motifs is 3. The number of aromatic nitrogens is 4. The molecule has 0 amide bonds. The molecule has 0 N–H and O–H groups in total. The van der Waals surface area contributed by atoms with Crippen molar-refractivity contribution >= 4 is 21.8 Å². The lowest BCUT2D eigenvalue weighted by Gasteiger charge is -2.14. The first-order valence-electron chi connectivity index (χ1n) is 32.8. The summed E-state index contributed by atoms with van der Waals surface area (Å²) in [5, 5.41) is -1.28. The van der Waals surface area contributed by atoms with Gasteiger partial charge in [0.15, 0.2) is 17.5 Å². The van der Waals surface area contributed by atoms with Crippen molar-refractivity contribution in [1.82, 2.24) is 19.5 Å². The van der Waals surface area contributed by atoms with Crippen molar-refractivity contribution in [3.05, 3.63) is 205 Å². The van der Waals surface area contributed by atoms with Crippen molar-refractivity contribution in [2.24, 2.45) is 0 Å². The molecule has 4 heteroatoms. The number of benzene rings is 8. The van der Waals surface area contributed by atoms with Crippen LogP contribution in [0.5, 0.6) is 0 Å². The Labute approximate surface area is 367 Å². The fourth-order valence-corrected chi connectivity index (χ4v) is 5.48. The minimum absolute atomic E-state index is 0.634. The van der Waals surface area contributed by atoms with E-state index in [0.717, 1.165) is 0 Å². The SMILES string of the molecule is [2H]c1c([2H])c([2H])c(-c2nc(-c3c([2H])c([2H])c(-n4c5c([2H])c([2H])c([2H])c([2H])c5c5c([2H])c(-c6c([2H])c([2H])c([2H])c([2H])c6[2H])c([2H])c([2H])c54)c([2H])c3[2H])nc(-c3c([2H])c([2H])c(-c4c([2H])c([2H])c([2H])c([2H])c4[2H])c([2H])c3-c3c([2H])c([2H])c([2H])c([2H])c3[2H])n2)c([2H])c1[2H]. The molecule has 2 heterocycles. The van der Waals surface area contributed by atoms with Gasteiger partial charge in [-0.05, 0) is 87.8 Å². The average Bonchev–Trinajstić information content (AvgIpc) is 1.61. The molecule has 0 unspecified atom stereocenters. The Balaban J connectivity index is 1.38. The minimum atomic E-state index is -1.21. The van der Waals surface area contributed by atoms with Crippen LogP contribution in [0.2, 0.25) is 0 Å². The van der Waals surface area contributed by atoms with E-state index in [9.17, 15) is 13.7 Å². The topological polar surface area (TPSA) is 43.6 Å². The zero-order valence-electron chi connectivity index (χ0n) is 61.3. The van der Waals surface area contributed by atoms with E-state index >= 15 is 0 Å². The van der Waals surface area contributed by atoms with Crippen LogP contribution in [0.1, 0.15) is 46.6 Å². The van der Waals surface area contributed by atoms with Gasteiger partial charge in [-0.25, -0.2) is 15.0 Å². The lowest BCUT2D eigenvalue weighted by atomic mass is 9.94. The van der Waals surface area contributed by atoms with Gasteiger partial charge in [-0.3, -0.25) is 0 Å². The Hall–Kier alpha value is -7.43. The maximum atomic E-state index is 9.72. The van der Waals surface area contributed by atoms with Gasteiger partial charge in [0, 0.05) is 33.2 Å². The van der Waals surface area contributed by atoms with Crippen LogP contribution in [0.3, 0.4) is 0 Å². The van der Waals surface area contributed by atoms with Crippen LogP contribution in [-0.2, 0) is 0 Å². The normalized spacial score (nSPS) is 19.9. The number of rotatable bonds is 7. The predicted molar refractivity (Wildman–Crippen MR) is 227 cm³/mol. The van der Waals surface area contributed by atoms with E-state index < -0.39 is 300 Å². The van der Waals surface area contributed by atoms with Crippen LogP contribution in [0.25, 0.3) is 95.0 Å². The summed E-state index contributed by atoms with van der Waals surface area (Å²) < 4.78 is 303. The molecule has 0 aliphatic rings. The highest BCUT2D eigenvalue weighted by Crippen LogP contribution is 2.38. The first kappa shape index (κ1) is 12.6. The molecule has 10 aromatic rings. The molecular weight excluding hydrogens is 669 g/mol. The zero-order valence-corrected chi connectivity index (χ0v) is 27.3. The third kappa shape index (κ3) is 6.06. The Morgan fingerprint density at radius 3 is 1.40 bits per heavy atom. The smallest absolute Gasteiger partial charge is 0.164 e. The van der Waals surface area contributed by atoms with E-state index in [-0.39, 0.29) is 0 Å². The van der Waals surface area contributed by atoms with Crippen LogP contribution in [0.4, 0.5) is 0 Å². The summed E-state index contributed by atoms with van der Waals surface area (Å²) in [6.07, 6.45) is 0. The largest absolute Gasteiger partial charge is 0.309 e. The van der Waals surface area contributed by atoms with Crippen LogP contribution in [-0.4, -0.2) is 19.5 Å². The first-order chi connectivity index (χ1) is 41.4. The molecule has 0 radical (unpaired) electrons. The highest BCUT2D eigenvalue weighted by Gasteiger charge is 2.18. The molecule has 0 fully saturated rings. The number of hydrogen-bond acceptors (Lipinski definition) is 3. The maximum absolute atomic E-state index is 9.72. The quantitative estimate of drug-likeness (QED) is 0.164. The summed E-state index contributed by atoms with van der Waals surface area (Å²) in [7, 11) is 0. The molecule has 10 rings (SSSR count). The van der Waals surface area contributed by atoms with Gasteiger partial charge in [0.2, 0.25) is 0 Å². The Morgan fingerprint density at radius 1 is 0.309 bits per heavy atom. The second-order valence-electron chi connectivity index (χ2n) is 11.1. The van der Waals surface area contributed by atoms with E-state index in [1.165, 1.54) is 0 Å². The van der Waals surface area contributed by atoms with Crippen LogP contribution < -0.4 is 0 Å². The van der Waals surface area contributed by atoms with E-state index in [1.807, 2.05) is 0 Å². The molecule has 0 atom stereocenters. The highest BCUT2D eigenvalue weighted by molar-refractivity contribution is 6.10. The summed E-state index contributed by atoms with van der Waals surface area (Å²) in [6.45, 7) is 0. The van der Waals surface area contributed by atoms with Crippen molar-refractivity contribution in [3.8, 4) is 73.2 Å². The lowest BCUT2D eigenvalue weighted by molar-refractivity contribution is 1.07. The fourth-order valence-electron chi connectivity index (χ4n) is 5.48. The Morgan fingerprint density at radius 2 is 0.764 bits per heavy atom. The summed E-state index contributed by atoms with van der Waals surface area (Å²) in [6, 6.07) is -35.0. The predicted octanol–water partition coefficient (Wildman–Crippen LogP) is 13.0. The van der Waals surface area contributed by atoms with Gasteiger partial charge in [-0.2, -0.15) is 0 Å². The van der Waals surface area contributed by atoms with Gasteiger partial charge >= 0.3 is 0 Å². The fraction of sp³-hybridized carbons (Fsp3) is 0. The average molecular weight is 737 g/mol. The van der Waals surface area contributed by atoms with E-state index in [1.54, 1.807) is 0 Å². The molecule has 0 aliphatic heterocycles. The first-order valence-corrected chi connectivity index (χ1v) is 15.8. The monoisotopic (exact) mass is 736 g/mol. The van der Waals surface area contributed by atoms with Gasteiger partial charge in [-0.1, -0.05) is 151 Å². The highest BCUT2D eigenvalue weighted by atomic mass is 15.0. The van der Waals surface area contributed by atoms with Gasteiger partial charge in [-0.15, -0.1) is 0 Å². The van der Waals surface area contributed by atoms with Crippen LogP contribution >= 0.6 is 0 Å². The van der Waals surface area contributed by atoms with E-state index in [0.29, 0.717) is 4.57 Å². The van der Waals surface area contributed by atoms with Crippen molar-refractivity contribution in [2.75, 3.05) is 0 Å². The third-order valence-electron chi connectivity index (χ3n) is 7.86. The van der Waals surface area contributed by atoms with Gasteiger partial charge in [0.05, 0.1) is 57.6 Å². The number of nitrogens with zero attached hydrogens (tertiary/aromatic N) is 4.